The Hall–Kier alpha value is -3.37. The van der Waals surface area contributed by atoms with E-state index in [4.69, 9.17) is 10.00 Å². The van der Waals surface area contributed by atoms with Gasteiger partial charge in [0.1, 0.15) is 11.8 Å². The Morgan fingerprint density at radius 3 is 2.62 bits per heavy atom. The van der Waals surface area contributed by atoms with Crippen molar-refractivity contribution in [3.05, 3.63) is 64.5 Å². The number of nitrogens with zero attached hydrogens (tertiary/aromatic N) is 1. The molecule has 1 aromatic heterocycles. The van der Waals surface area contributed by atoms with Crippen LogP contribution in [0.1, 0.15) is 20.8 Å². The maximum absolute atomic E-state index is 12.3. The Labute approximate surface area is 154 Å². The summed E-state index contributed by atoms with van der Waals surface area (Å²) in [5, 5.41) is 10.0. The van der Waals surface area contributed by atoms with Crippen LogP contribution >= 0.6 is 11.3 Å². The molecule has 0 unspecified atom stereocenters. The lowest BCUT2D eigenvalue weighted by molar-refractivity contribution is -0.123. The van der Waals surface area contributed by atoms with Crippen molar-refractivity contribution in [2.45, 2.75) is 6.92 Å². The zero-order valence-electron chi connectivity index (χ0n) is 13.9. The topological polar surface area (TPSA) is 91.2 Å². The van der Waals surface area contributed by atoms with Crippen molar-refractivity contribution < 1.29 is 14.3 Å². The first-order chi connectivity index (χ1) is 12.6. The van der Waals surface area contributed by atoms with Gasteiger partial charge in [-0.1, -0.05) is 30.3 Å². The third kappa shape index (κ3) is 3.66. The second-order valence-electron chi connectivity index (χ2n) is 5.45. The van der Waals surface area contributed by atoms with Crippen LogP contribution in [-0.2, 0) is 4.79 Å². The van der Waals surface area contributed by atoms with E-state index in [0.717, 1.165) is 15.6 Å². The zero-order chi connectivity index (χ0) is 18.5. The standard InChI is InChI=1S/C19H15N3O3S/c1-12-14-7-3-5-9-16(14)26-18(12)19(24)22-21-17(23)11-25-15-8-4-2-6-13(15)10-20/h2-9H,11H2,1H3,(H,21,23)(H,22,24). The van der Waals surface area contributed by atoms with Crippen LogP contribution in [0.25, 0.3) is 10.1 Å². The van der Waals surface area contributed by atoms with Crippen molar-refractivity contribution in [3.63, 3.8) is 0 Å². The van der Waals surface area contributed by atoms with Crippen molar-refractivity contribution in [3.8, 4) is 11.8 Å². The average molecular weight is 365 g/mol. The minimum absolute atomic E-state index is 0.315. The van der Waals surface area contributed by atoms with Crippen molar-refractivity contribution in [2.75, 3.05) is 6.61 Å². The second kappa shape index (κ2) is 7.68. The molecule has 7 heteroatoms. The molecule has 3 rings (SSSR count). The van der Waals surface area contributed by atoms with Crippen molar-refractivity contribution in [1.29, 1.82) is 5.26 Å². The van der Waals surface area contributed by atoms with Crippen molar-refractivity contribution in [2.24, 2.45) is 0 Å². The van der Waals surface area contributed by atoms with E-state index < -0.39 is 5.91 Å². The molecule has 26 heavy (non-hydrogen) atoms. The number of hydrogen-bond acceptors (Lipinski definition) is 5. The van der Waals surface area contributed by atoms with E-state index in [-0.39, 0.29) is 12.5 Å². The van der Waals surface area contributed by atoms with Gasteiger partial charge in [-0.3, -0.25) is 20.4 Å². The van der Waals surface area contributed by atoms with Gasteiger partial charge in [0.2, 0.25) is 0 Å². The molecule has 2 aromatic carbocycles. The van der Waals surface area contributed by atoms with Crippen LogP contribution in [-0.4, -0.2) is 18.4 Å². The number of amides is 2. The van der Waals surface area contributed by atoms with Crippen molar-refractivity contribution >= 4 is 33.2 Å². The minimum Gasteiger partial charge on any atom is -0.482 e. The number of nitrogens with one attached hydrogen (secondary N) is 2. The number of hydrazine groups is 1. The summed E-state index contributed by atoms with van der Waals surface area (Å²) in [6.07, 6.45) is 0. The fraction of sp³-hybridized carbons (Fsp3) is 0.105. The monoisotopic (exact) mass is 365 g/mol. The van der Waals surface area contributed by atoms with Crippen LogP contribution in [0.2, 0.25) is 0 Å². The molecule has 2 N–H and O–H groups in total. The minimum atomic E-state index is -0.523. The van der Waals surface area contributed by atoms with Gasteiger partial charge < -0.3 is 4.74 Å². The van der Waals surface area contributed by atoms with Crippen LogP contribution in [0.5, 0.6) is 5.75 Å². The van der Waals surface area contributed by atoms with Crippen LogP contribution in [0.3, 0.4) is 0 Å². The number of benzene rings is 2. The molecule has 0 spiro atoms. The molecule has 0 atom stereocenters. The van der Waals surface area contributed by atoms with E-state index >= 15 is 0 Å². The van der Waals surface area contributed by atoms with Gasteiger partial charge in [0.15, 0.2) is 6.61 Å². The highest BCUT2D eigenvalue weighted by Crippen LogP contribution is 2.30. The smallest absolute Gasteiger partial charge is 0.280 e. The second-order valence-corrected chi connectivity index (χ2v) is 6.50. The highest BCUT2D eigenvalue weighted by molar-refractivity contribution is 7.21. The molecule has 3 aromatic rings. The Kier molecular flexibility index (Phi) is 5.15. The van der Waals surface area contributed by atoms with Crippen LogP contribution in [0.4, 0.5) is 0 Å². The third-order valence-corrected chi connectivity index (χ3v) is 5.00. The fourth-order valence-electron chi connectivity index (χ4n) is 2.44. The van der Waals surface area contributed by atoms with Gasteiger partial charge in [-0.25, -0.2) is 0 Å². The molecule has 0 saturated heterocycles. The van der Waals surface area contributed by atoms with Crippen LogP contribution in [0, 0.1) is 18.3 Å². The highest BCUT2D eigenvalue weighted by atomic mass is 32.1. The molecule has 0 saturated carbocycles. The first-order valence-corrected chi connectivity index (χ1v) is 8.61. The summed E-state index contributed by atoms with van der Waals surface area (Å²) in [5.74, 6) is -0.587. The molecule has 2 amide bonds. The number of ether oxygens (including phenoxy) is 1. The van der Waals surface area contributed by atoms with Gasteiger partial charge in [-0.05, 0) is 36.1 Å². The van der Waals surface area contributed by atoms with Crippen LogP contribution in [0.15, 0.2) is 48.5 Å². The molecule has 130 valence electrons. The molecule has 6 nitrogen and oxygen atoms in total. The van der Waals surface area contributed by atoms with E-state index in [1.165, 1.54) is 11.3 Å². The maximum Gasteiger partial charge on any atom is 0.280 e. The first kappa shape index (κ1) is 17.5. The predicted molar refractivity (Wildman–Crippen MR) is 98.8 cm³/mol. The van der Waals surface area contributed by atoms with E-state index in [2.05, 4.69) is 10.9 Å². The number of thiophene rings is 1. The molecular weight excluding hydrogens is 350 g/mol. The average Bonchev–Trinajstić information content (AvgIpc) is 3.01. The summed E-state index contributed by atoms with van der Waals surface area (Å²) >= 11 is 1.37. The summed E-state index contributed by atoms with van der Waals surface area (Å²) in [7, 11) is 0. The summed E-state index contributed by atoms with van der Waals surface area (Å²) < 4.78 is 6.33. The summed E-state index contributed by atoms with van der Waals surface area (Å²) in [6, 6.07) is 16.3. The number of para-hydroxylation sites is 1. The van der Waals surface area contributed by atoms with Gasteiger partial charge in [-0.15, -0.1) is 11.3 Å². The lowest BCUT2D eigenvalue weighted by Crippen LogP contribution is -2.43. The lowest BCUT2D eigenvalue weighted by atomic mass is 10.1. The van der Waals surface area contributed by atoms with Gasteiger partial charge in [-0.2, -0.15) is 5.26 Å². The Bertz CT molecular complexity index is 1020. The van der Waals surface area contributed by atoms with Gasteiger partial charge in [0, 0.05) is 4.70 Å². The molecular formula is C19H15N3O3S. The zero-order valence-corrected chi connectivity index (χ0v) is 14.7. The molecule has 0 bridgehead atoms. The maximum atomic E-state index is 12.3. The third-order valence-electron chi connectivity index (χ3n) is 3.73. The molecule has 0 fully saturated rings. The predicted octanol–water partition coefficient (Wildman–Crippen LogP) is 2.92. The van der Waals surface area contributed by atoms with Crippen LogP contribution < -0.4 is 15.6 Å². The molecule has 0 radical (unpaired) electrons. The Morgan fingerprint density at radius 1 is 1.12 bits per heavy atom. The largest absolute Gasteiger partial charge is 0.482 e. The Morgan fingerprint density at radius 2 is 1.85 bits per heavy atom. The highest BCUT2D eigenvalue weighted by Gasteiger charge is 2.16. The number of rotatable bonds is 4. The van der Waals surface area contributed by atoms with E-state index in [9.17, 15) is 9.59 Å². The summed E-state index contributed by atoms with van der Waals surface area (Å²) in [6.45, 7) is 1.56. The molecule has 0 aliphatic heterocycles. The Balaban J connectivity index is 1.58. The van der Waals surface area contributed by atoms with E-state index in [1.54, 1.807) is 24.3 Å². The number of carbonyl (C=O) groups excluding carboxylic acids is 2. The SMILES string of the molecule is Cc1c(C(=O)NNC(=O)COc2ccccc2C#N)sc2ccccc12. The van der Waals surface area contributed by atoms with Gasteiger partial charge >= 0.3 is 0 Å². The molecule has 1 heterocycles. The number of hydrogen-bond donors (Lipinski definition) is 2. The number of aryl methyl sites for hydroxylation is 1. The van der Waals surface area contributed by atoms with E-state index in [0.29, 0.717) is 16.2 Å². The summed E-state index contributed by atoms with van der Waals surface area (Å²) in [4.78, 5) is 24.7. The van der Waals surface area contributed by atoms with Gasteiger partial charge in [0.05, 0.1) is 10.4 Å². The molecule has 0 aliphatic carbocycles. The first-order valence-electron chi connectivity index (χ1n) is 7.79. The quantitative estimate of drug-likeness (QED) is 0.696. The number of carbonyl (C=O) groups is 2. The van der Waals surface area contributed by atoms with Gasteiger partial charge in [0.25, 0.3) is 11.8 Å². The summed E-state index contributed by atoms with van der Waals surface area (Å²) in [5.41, 5.74) is 5.92. The fourth-order valence-corrected chi connectivity index (χ4v) is 3.54. The normalized spacial score (nSPS) is 10.2. The van der Waals surface area contributed by atoms with Crippen molar-refractivity contribution in [1.82, 2.24) is 10.9 Å². The molecule has 0 aliphatic rings. The van der Waals surface area contributed by atoms with E-state index in [1.807, 2.05) is 37.3 Å². The number of nitriles is 1. The number of fused-ring (bicyclic) bond motifs is 1. The lowest BCUT2D eigenvalue weighted by Gasteiger charge is -2.09.